The summed E-state index contributed by atoms with van der Waals surface area (Å²) in [7, 11) is 0. The monoisotopic (exact) mass is 303 g/mol. The molecule has 2 aromatic rings. The van der Waals surface area contributed by atoms with Crippen LogP contribution in [0.1, 0.15) is 38.0 Å². The minimum Gasteiger partial charge on any atom is -0.347 e. The molecule has 0 saturated heterocycles. The lowest BCUT2D eigenvalue weighted by Crippen LogP contribution is -2.31. The van der Waals surface area contributed by atoms with E-state index in [-0.39, 0.29) is 35.6 Å². The van der Waals surface area contributed by atoms with E-state index in [1.807, 2.05) is 0 Å². The molecule has 1 amide bonds. The zero-order valence-electron chi connectivity index (χ0n) is 12.2. The summed E-state index contributed by atoms with van der Waals surface area (Å²) in [6, 6.07) is 6.24. The topological polar surface area (TPSA) is 68.0 Å². The van der Waals surface area contributed by atoms with Gasteiger partial charge in [0.05, 0.1) is 12.1 Å². The second kappa shape index (κ2) is 6.68. The van der Waals surface area contributed by atoms with E-state index in [1.54, 1.807) is 18.2 Å². The number of carbonyl (C=O) groups is 1. The Hall–Kier alpha value is -2.24. The van der Waals surface area contributed by atoms with Crippen LogP contribution in [0, 0.1) is 11.7 Å². The number of carbonyl (C=O) groups excluding carboxylic acids is 1. The lowest BCUT2D eigenvalue weighted by molar-refractivity contribution is -0.126. The molecule has 1 fully saturated rings. The van der Waals surface area contributed by atoms with Gasteiger partial charge in [-0.15, -0.1) is 0 Å². The van der Waals surface area contributed by atoms with Gasteiger partial charge in [-0.25, -0.2) is 4.39 Å². The molecule has 1 aliphatic carbocycles. The number of nitrogens with one attached hydrogen (secondary N) is 1. The summed E-state index contributed by atoms with van der Waals surface area (Å²) in [4.78, 5) is 16.2. The maximum absolute atomic E-state index is 13.7. The Balaban J connectivity index is 1.60. The van der Waals surface area contributed by atoms with Gasteiger partial charge in [-0.1, -0.05) is 36.6 Å². The van der Waals surface area contributed by atoms with Crippen molar-refractivity contribution in [3.05, 3.63) is 36.0 Å². The molecule has 0 aliphatic heterocycles. The number of nitrogens with zero attached hydrogens (tertiary/aromatic N) is 2. The Kier molecular flexibility index (Phi) is 4.46. The summed E-state index contributed by atoms with van der Waals surface area (Å²) in [6.45, 7) is 0.177. The minimum absolute atomic E-state index is 0.0327. The third-order valence-corrected chi connectivity index (χ3v) is 3.97. The van der Waals surface area contributed by atoms with Crippen molar-refractivity contribution in [2.24, 2.45) is 5.92 Å². The van der Waals surface area contributed by atoms with E-state index in [4.69, 9.17) is 4.52 Å². The van der Waals surface area contributed by atoms with Crippen LogP contribution in [0.5, 0.6) is 0 Å². The van der Waals surface area contributed by atoms with E-state index in [1.165, 1.54) is 12.5 Å². The number of hydrogen-bond donors (Lipinski definition) is 1. The number of aromatic nitrogens is 2. The van der Waals surface area contributed by atoms with Crippen LogP contribution < -0.4 is 5.32 Å². The van der Waals surface area contributed by atoms with Crippen LogP contribution in [0.3, 0.4) is 0 Å². The molecule has 22 heavy (non-hydrogen) atoms. The molecule has 0 spiro atoms. The summed E-state index contributed by atoms with van der Waals surface area (Å²) in [5.74, 6) is 0.191. The third kappa shape index (κ3) is 3.32. The number of hydrogen-bond acceptors (Lipinski definition) is 4. The van der Waals surface area contributed by atoms with Gasteiger partial charge in [0.25, 0.3) is 0 Å². The van der Waals surface area contributed by atoms with Crippen LogP contribution in [-0.2, 0) is 11.3 Å². The van der Waals surface area contributed by atoms with Gasteiger partial charge >= 0.3 is 0 Å². The Morgan fingerprint density at radius 1 is 1.27 bits per heavy atom. The van der Waals surface area contributed by atoms with E-state index in [2.05, 4.69) is 15.5 Å². The molecule has 0 bridgehead atoms. The Bertz CT molecular complexity index is 650. The number of benzene rings is 1. The fourth-order valence-corrected chi connectivity index (χ4v) is 2.75. The lowest BCUT2D eigenvalue weighted by Gasteiger charge is -2.20. The van der Waals surface area contributed by atoms with Gasteiger partial charge in [-0.05, 0) is 25.0 Å². The summed E-state index contributed by atoms with van der Waals surface area (Å²) < 4.78 is 18.7. The van der Waals surface area contributed by atoms with E-state index in [0.29, 0.717) is 0 Å². The molecule has 0 atom stereocenters. The molecule has 1 saturated carbocycles. The standard InChI is InChI=1S/C16H18FN3O2/c17-13-9-5-4-8-12(13)15-19-14(22-20-15)10-18-16(21)11-6-2-1-3-7-11/h4-5,8-9,11H,1-3,6-7,10H2,(H,18,21). The highest BCUT2D eigenvalue weighted by Crippen LogP contribution is 2.24. The lowest BCUT2D eigenvalue weighted by atomic mass is 9.89. The largest absolute Gasteiger partial charge is 0.347 e. The Morgan fingerprint density at radius 3 is 2.82 bits per heavy atom. The zero-order chi connectivity index (χ0) is 15.4. The van der Waals surface area contributed by atoms with Crippen LogP contribution in [0.15, 0.2) is 28.8 Å². The summed E-state index contributed by atoms with van der Waals surface area (Å²) >= 11 is 0. The van der Waals surface area contributed by atoms with Gasteiger partial charge in [0.15, 0.2) is 0 Å². The van der Waals surface area contributed by atoms with Gasteiger partial charge in [0, 0.05) is 5.92 Å². The third-order valence-electron chi connectivity index (χ3n) is 3.97. The molecule has 0 unspecified atom stereocenters. The average molecular weight is 303 g/mol. The van der Waals surface area contributed by atoms with Gasteiger partial charge < -0.3 is 9.84 Å². The highest BCUT2D eigenvalue weighted by Gasteiger charge is 2.21. The highest BCUT2D eigenvalue weighted by atomic mass is 19.1. The first-order valence-electron chi connectivity index (χ1n) is 7.59. The summed E-state index contributed by atoms with van der Waals surface area (Å²) in [6.07, 6.45) is 5.30. The first-order valence-corrected chi connectivity index (χ1v) is 7.59. The average Bonchev–Trinajstić information content (AvgIpc) is 3.02. The van der Waals surface area contributed by atoms with E-state index >= 15 is 0 Å². The molecule has 1 heterocycles. The molecule has 0 radical (unpaired) electrons. The minimum atomic E-state index is -0.402. The number of amides is 1. The van der Waals surface area contributed by atoms with Crippen LogP contribution in [0.25, 0.3) is 11.4 Å². The van der Waals surface area contributed by atoms with Gasteiger partial charge in [0.1, 0.15) is 5.82 Å². The van der Waals surface area contributed by atoms with Crippen molar-refractivity contribution in [1.29, 1.82) is 0 Å². The van der Waals surface area contributed by atoms with Crippen LogP contribution in [0.4, 0.5) is 4.39 Å². The van der Waals surface area contributed by atoms with Crippen LogP contribution in [-0.4, -0.2) is 16.0 Å². The molecular formula is C16H18FN3O2. The van der Waals surface area contributed by atoms with Crippen molar-refractivity contribution < 1.29 is 13.7 Å². The van der Waals surface area contributed by atoms with E-state index < -0.39 is 5.82 Å². The van der Waals surface area contributed by atoms with E-state index in [0.717, 1.165) is 25.7 Å². The zero-order valence-corrected chi connectivity index (χ0v) is 12.2. The SMILES string of the molecule is O=C(NCc1nc(-c2ccccc2F)no1)C1CCCCC1. The second-order valence-electron chi connectivity index (χ2n) is 5.54. The first-order chi connectivity index (χ1) is 10.7. The molecule has 1 N–H and O–H groups in total. The molecule has 116 valence electrons. The van der Waals surface area contributed by atoms with Crippen molar-refractivity contribution >= 4 is 5.91 Å². The molecule has 6 heteroatoms. The fourth-order valence-electron chi connectivity index (χ4n) is 2.75. The molecule has 1 aromatic heterocycles. The Morgan fingerprint density at radius 2 is 2.05 bits per heavy atom. The summed E-state index contributed by atoms with van der Waals surface area (Å²) in [5.41, 5.74) is 0.288. The van der Waals surface area contributed by atoms with Crippen molar-refractivity contribution in [1.82, 2.24) is 15.5 Å². The normalized spacial score (nSPS) is 15.7. The van der Waals surface area contributed by atoms with Crippen molar-refractivity contribution in [3.63, 3.8) is 0 Å². The first kappa shape index (κ1) is 14.7. The van der Waals surface area contributed by atoms with Gasteiger partial charge in [-0.3, -0.25) is 4.79 Å². The van der Waals surface area contributed by atoms with Crippen molar-refractivity contribution in [3.8, 4) is 11.4 Å². The molecule has 5 nitrogen and oxygen atoms in total. The number of halogens is 1. The van der Waals surface area contributed by atoms with Crippen molar-refractivity contribution in [2.45, 2.75) is 38.6 Å². The summed E-state index contributed by atoms with van der Waals surface area (Å²) in [5, 5.41) is 6.58. The number of rotatable bonds is 4. The van der Waals surface area contributed by atoms with E-state index in [9.17, 15) is 9.18 Å². The maximum atomic E-state index is 13.7. The molecule has 3 rings (SSSR count). The van der Waals surface area contributed by atoms with Crippen molar-refractivity contribution in [2.75, 3.05) is 0 Å². The molecule has 1 aliphatic rings. The smallest absolute Gasteiger partial charge is 0.246 e. The predicted octanol–water partition coefficient (Wildman–Crippen LogP) is 3.07. The fraction of sp³-hybridized carbons (Fsp3) is 0.438. The molecule has 1 aromatic carbocycles. The predicted molar refractivity (Wildman–Crippen MR) is 78.1 cm³/mol. The second-order valence-corrected chi connectivity index (χ2v) is 5.54. The molecular weight excluding hydrogens is 285 g/mol. The quantitative estimate of drug-likeness (QED) is 0.942. The van der Waals surface area contributed by atoms with Crippen LogP contribution in [0.2, 0.25) is 0 Å². The Labute approximate surface area is 127 Å². The van der Waals surface area contributed by atoms with Gasteiger partial charge in [-0.2, -0.15) is 4.98 Å². The van der Waals surface area contributed by atoms with Crippen LogP contribution >= 0.6 is 0 Å². The highest BCUT2D eigenvalue weighted by molar-refractivity contribution is 5.78. The maximum Gasteiger partial charge on any atom is 0.246 e. The van der Waals surface area contributed by atoms with Gasteiger partial charge in [0.2, 0.25) is 17.6 Å².